The molecular weight excluding hydrogens is 186 g/mol. The molecule has 2 unspecified atom stereocenters. The molecule has 2 saturated carbocycles. The molecular formula is C13H23NO. The Morgan fingerprint density at radius 3 is 2.13 bits per heavy atom. The summed E-state index contributed by atoms with van der Waals surface area (Å²) in [6.07, 6.45) is 8.81. The van der Waals surface area contributed by atoms with E-state index in [-0.39, 0.29) is 5.60 Å². The molecule has 1 saturated heterocycles. The van der Waals surface area contributed by atoms with Gasteiger partial charge < -0.3 is 10.4 Å². The fourth-order valence-electron chi connectivity index (χ4n) is 4.23. The minimum Gasteiger partial charge on any atom is -0.390 e. The molecule has 15 heavy (non-hydrogen) atoms. The summed E-state index contributed by atoms with van der Waals surface area (Å²) < 4.78 is 0. The van der Waals surface area contributed by atoms with Crippen LogP contribution in [0.3, 0.4) is 0 Å². The normalized spacial score (nSPS) is 47.0. The maximum absolute atomic E-state index is 10.8. The van der Waals surface area contributed by atoms with Crippen LogP contribution in [0.5, 0.6) is 0 Å². The average molecular weight is 209 g/mol. The zero-order valence-electron chi connectivity index (χ0n) is 9.54. The van der Waals surface area contributed by atoms with Gasteiger partial charge in [0.25, 0.3) is 0 Å². The number of hydrogen-bond donors (Lipinski definition) is 2. The molecule has 0 aromatic rings. The van der Waals surface area contributed by atoms with Gasteiger partial charge in [-0.05, 0) is 56.5 Å². The van der Waals surface area contributed by atoms with Crippen LogP contribution in [0.2, 0.25) is 0 Å². The van der Waals surface area contributed by atoms with Crippen molar-refractivity contribution in [1.29, 1.82) is 0 Å². The van der Waals surface area contributed by atoms with Gasteiger partial charge in [0.2, 0.25) is 0 Å². The summed E-state index contributed by atoms with van der Waals surface area (Å²) in [5.41, 5.74) is -0.280. The fourth-order valence-corrected chi connectivity index (χ4v) is 4.23. The lowest BCUT2D eigenvalue weighted by atomic mass is 9.75. The highest BCUT2D eigenvalue weighted by atomic mass is 16.3. The first-order valence-corrected chi connectivity index (χ1v) is 6.71. The van der Waals surface area contributed by atoms with Crippen LogP contribution >= 0.6 is 0 Å². The minimum atomic E-state index is -0.280. The van der Waals surface area contributed by atoms with Crippen molar-refractivity contribution in [3.05, 3.63) is 0 Å². The summed E-state index contributed by atoms with van der Waals surface area (Å²) in [6, 6.07) is 0. The van der Waals surface area contributed by atoms with Crippen molar-refractivity contribution < 1.29 is 5.11 Å². The van der Waals surface area contributed by atoms with Crippen molar-refractivity contribution in [2.75, 3.05) is 13.1 Å². The smallest absolute Gasteiger partial charge is 0.0682 e. The summed E-state index contributed by atoms with van der Waals surface area (Å²) >= 11 is 0. The zero-order valence-corrected chi connectivity index (χ0v) is 9.54. The Morgan fingerprint density at radius 1 is 0.933 bits per heavy atom. The van der Waals surface area contributed by atoms with Gasteiger partial charge in [0.05, 0.1) is 5.60 Å². The van der Waals surface area contributed by atoms with E-state index in [1.807, 2.05) is 0 Å². The Labute approximate surface area is 92.4 Å². The second kappa shape index (κ2) is 3.74. The van der Waals surface area contributed by atoms with E-state index in [9.17, 15) is 5.11 Å². The van der Waals surface area contributed by atoms with E-state index in [1.165, 1.54) is 32.1 Å². The lowest BCUT2D eigenvalue weighted by molar-refractivity contribution is -0.0331. The van der Waals surface area contributed by atoms with Crippen molar-refractivity contribution >= 4 is 0 Å². The Morgan fingerprint density at radius 2 is 1.53 bits per heavy atom. The Kier molecular flexibility index (Phi) is 2.52. The third-order valence-electron chi connectivity index (χ3n) is 5.08. The molecule has 2 nitrogen and oxygen atoms in total. The molecule has 0 aromatic heterocycles. The van der Waals surface area contributed by atoms with Gasteiger partial charge in [-0.1, -0.05) is 19.3 Å². The number of aliphatic hydroxyl groups is 1. The minimum absolute atomic E-state index is 0.280. The molecule has 0 bridgehead atoms. The lowest BCUT2D eigenvalue weighted by Crippen LogP contribution is -2.38. The number of rotatable bonds is 1. The standard InChI is InChI=1S/C13H23NO/c15-13(12-4-2-1-3-5-12)6-10-8-14-9-11(10)7-13/h10-12,14-15H,1-9H2. The maximum atomic E-state index is 10.8. The van der Waals surface area contributed by atoms with E-state index in [0.717, 1.165) is 37.8 Å². The Hall–Kier alpha value is -0.0800. The third-order valence-corrected chi connectivity index (χ3v) is 5.08. The SMILES string of the molecule is OC1(C2CCCCC2)CC2CNCC2C1. The van der Waals surface area contributed by atoms with Crippen LogP contribution in [0.4, 0.5) is 0 Å². The fraction of sp³-hybridized carbons (Fsp3) is 1.00. The van der Waals surface area contributed by atoms with Gasteiger partial charge in [0, 0.05) is 0 Å². The molecule has 2 heteroatoms. The van der Waals surface area contributed by atoms with Gasteiger partial charge in [-0.3, -0.25) is 0 Å². The van der Waals surface area contributed by atoms with Crippen molar-refractivity contribution in [2.24, 2.45) is 17.8 Å². The molecule has 0 spiro atoms. The first-order chi connectivity index (χ1) is 7.28. The zero-order chi connectivity index (χ0) is 10.3. The summed E-state index contributed by atoms with van der Waals surface area (Å²) in [5, 5.41) is 14.2. The van der Waals surface area contributed by atoms with E-state index < -0.39 is 0 Å². The van der Waals surface area contributed by atoms with Gasteiger partial charge in [-0.25, -0.2) is 0 Å². The number of nitrogens with one attached hydrogen (secondary N) is 1. The van der Waals surface area contributed by atoms with E-state index in [1.54, 1.807) is 0 Å². The second-order valence-corrected chi connectivity index (χ2v) is 6.03. The summed E-state index contributed by atoms with van der Waals surface area (Å²) in [7, 11) is 0. The molecule has 1 heterocycles. The van der Waals surface area contributed by atoms with Crippen LogP contribution in [-0.2, 0) is 0 Å². The highest BCUT2D eigenvalue weighted by Gasteiger charge is 2.49. The molecule has 2 atom stereocenters. The highest BCUT2D eigenvalue weighted by Crippen LogP contribution is 2.48. The highest BCUT2D eigenvalue weighted by molar-refractivity contribution is 5.02. The van der Waals surface area contributed by atoms with Crippen molar-refractivity contribution in [2.45, 2.75) is 50.5 Å². The predicted octanol–water partition coefficient (Wildman–Crippen LogP) is 1.93. The molecule has 0 radical (unpaired) electrons. The maximum Gasteiger partial charge on any atom is 0.0682 e. The summed E-state index contributed by atoms with van der Waals surface area (Å²) in [6.45, 7) is 2.30. The van der Waals surface area contributed by atoms with E-state index in [2.05, 4.69) is 5.32 Å². The van der Waals surface area contributed by atoms with Crippen LogP contribution in [0, 0.1) is 17.8 Å². The first kappa shape index (κ1) is 10.1. The molecule has 3 rings (SSSR count). The van der Waals surface area contributed by atoms with Crippen molar-refractivity contribution in [1.82, 2.24) is 5.32 Å². The van der Waals surface area contributed by atoms with E-state index >= 15 is 0 Å². The van der Waals surface area contributed by atoms with Gasteiger partial charge in [-0.15, -0.1) is 0 Å². The van der Waals surface area contributed by atoms with Crippen molar-refractivity contribution in [3.63, 3.8) is 0 Å². The summed E-state index contributed by atoms with van der Waals surface area (Å²) in [5.74, 6) is 2.17. The summed E-state index contributed by atoms with van der Waals surface area (Å²) in [4.78, 5) is 0. The largest absolute Gasteiger partial charge is 0.390 e. The van der Waals surface area contributed by atoms with Gasteiger partial charge in [0.1, 0.15) is 0 Å². The lowest BCUT2D eigenvalue weighted by Gasteiger charge is -2.36. The molecule has 0 aromatic carbocycles. The topological polar surface area (TPSA) is 32.3 Å². The van der Waals surface area contributed by atoms with Gasteiger partial charge in [-0.2, -0.15) is 0 Å². The van der Waals surface area contributed by atoms with E-state index in [0.29, 0.717) is 5.92 Å². The first-order valence-electron chi connectivity index (χ1n) is 6.71. The molecule has 2 aliphatic carbocycles. The average Bonchev–Trinajstić information content (AvgIpc) is 2.78. The Bertz CT molecular complexity index is 223. The second-order valence-electron chi connectivity index (χ2n) is 6.03. The van der Waals surface area contributed by atoms with Crippen molar-refractivity contribution in [3.8, 4) is 0 Å². The quantitative estimate of drug-likeness (QED) is 0.691. The van der Waals surface area contributed by atoms with Crippen LogP contribution in [0.1, 0.15) is 44.9 Å². The van der Waals surface area contributed by atoms with Crippen LogP contribution in [0.15, 0.2) is 0 Å². The molecule has 0 amide bonds. The number of fused-ring (bicyclic) bond motifs is 1. The molecule has 2 N–H and O–H groups in total. The monoisotopic (exact) mass is 209 g/mol. The predicted molar refractivity (Wildman–Crippen MR) is 60.6 cm³/mol. The molecule has 1 aliphatic heterocycles. The van der Waals surface area contributed by atoms with Gasteiger partial charge in [0.15, 0.2) is 0 Å². The van der Waals surface area contributed by atoms with Crippen LogP contribution in [-0.4, -0.2) is 23.8 Å². The number of hydrogen-bond acceptors (Lipinski definition) is 2. The van der Waals surface area contributed by atoms with Crippen LogP contribution in [0.25, 0.3) is 0 Å². The van der Waals surface area contributed by atoms with Crippen LogP contribution < -0.4 is 5.32 Å². The third kappa shape index (κ3) is 1.72. The van der Waals surface area contributed by atoms with E-state index in [4.69, 9.17) is 0 Å². The Balaban J connectivity index is 1.69. The van der Waals surface area contributed by atoms with Gasteiger partial charge >= 0.3 is 0 Å². The molecule has 3 aliphatic rings. The molecule has 86 valence electrons. The molecule has 3 fully saturated rings.